The number of hydrogen-bond donors (Lipinski definition) is 1. The molecule has 1 N–H and O–H groups in total. The molecule has 1 aliphatic rings. The van der Waals surface area contributed by atoms with Crippen LogP contribution in [0.15, 0.2) is 35.2 Å². The highest BCUT2D eigenvalue weighted by Crippen LogP contribution is 2.38. The van der Waals surface area contributed by atoms with E-state index < -0.39 is 15.9 Å². The molecule has 4 rings (SSSR count). The number of nitrogens with zero attached hydrogens (tertiary/aromatic N) is 4. The first-order valence-corrected chi connectivity index (χ1v) is 13.6. The lowest BCUT2D eigenvalue weighted by atomic mass is 10.0. The molecule has 0 atom stereocenters. The fourth-order valence-electron chi connectivity index (χ4n) is 4.15. The molecular formula is C24H29N5O4S2. The number of fused-ring (bicyclic) bond motifs is 1. The summed E-state index contributed by atoms with van der Waals surface area (Å²) in [7, 11) is -0.686. The average molecular weight is 516 g/mol. The maximum atomic E-state index is 13.6. The molecule has 0 bridgehead atoms. The number of aryl methyl sites for hydroxylation is 2. The first kappa shape index (κ1) is 25.2. The van der Waals surface area contributed by atoms with Crippen LogP contribution in [-0.2, 0) is 23.0 Å². The monoisotopic (exact) mass is 515 g/mol. The Morgan fingerprint density at radius 2 is 1.86 bits per heavy atom. The van der Waals surface area contributed by atoms with Gasteiger partial charge in [0.2, 0.25) is 10.0 Å². The number of thiophene rings is 1. The van der Waals surface area contributed by atoms with Crippen LogP contribution in [0.25, 0.3) is 0 Å². The van der Waals surface area contributed by atoms with Crippen molar-refractivity contribution in [3.05, 3.63) is 63.3 Å². The number of carbonyl (C=O) groups is 2. The molecule has 0 fully saturated rings. The Hall–Kier alpha value is -2.86. The quantitative estimate of drug-likeness (QED) is 0.541. The zero-order valence-corrected chi connectivity index (χ0v) is 22.1. The predicted octanol–water partition coefficient (Wildman–Crippen LogP) is 3.13. The van der Waals surface area contributed by atoms with E-state index in [4.69, 9.17) is 0 Å². The first-order chi connectivity index (χ1) is 16.5. The van der Waals surface area contributed by atoms with Crippen molar-refractivity contribution in [2.24, 2.45) is 0 Å². The second-order valence-electron chi connectivity index (χ2n) is 8.74. The van der Waals surface area contributed by atoms with E-state index in [1.807, 2.05) is 19.9 Å². The number of hydrogen-bond acceptors (Lipinski definition) is 7. The minimum Gasteiger partial charge on any atom is -0.313 e. The molecule has 186 valence electrons. The average Bonchev–Trinajstić information content (AvgIpc) is 3.36. The highest BCUT2D eigenvalue weighted by Gasteiger charge is 2.30. The summed E-state index contributed by atoms with van der Waals surface area (Å²) >= 11 is 1.41. The Balaban J connectivity index is 1.69. The fraction of sp³-hybridized carbons (Fsp3) is 0.375. The summed E-state index contributed by atoms with van der Waals surface area (Å²) in [6.45, 7) is 8.23. The van der Waals surface area contributed by atoms with Crippen LogP contribution in [0.3, 0.4) is 0 Å². The number of likely N-dealkylation sites (N-methyl/N-ethyl adjacent to an activating group) is 1. The number of nitrogens with one attached hydrogen (secondary N) is 1. The second kappa shape index (κ2) is 9.65. The maximum Gasteiger partial charge on any atom is 0.281 e. The summed E-state index contributed by atoms with van der Waals surface area (Å²) in [6, 6.07) is 7.60. The minimum atomic E-state index is -3.59. The molecule has 1 aliphatic heterocycles. The number of benzene rings is 1. The molecule has 0 saturated carbocycles. The molecule has 1 amide bonds. The molecule has 0 spiro atoms. The van der Waals surface area contributed by atoms with Gasteiger partial charge in [-0.3, -0.25) is 14.5 Å². The van der Waals surface area contributed by atoms with Crippen LogP contribution in [-0.4, -0.2) is 66.4 Å². The maximum absolute atomic E-state index is 13.6. The molecule has 35 heavy (non-hydrogen) atoms. The van der Waals surface area contributed by atoms with Gasteiger partial charge in [-0.15, -0.1) is 11.3 Å². The van der Waals surface area contributed by atoms with Gasteiger partial charge in [-0.1, -0.05) is 6.92 Å². The van der Waals surface area contributed by atoms with Crippen molar-refractivity contribution in [1.29, 1.82) is 0 Å². The topological polar surface area (TPSA) is 105 Å². The van der Waals surface area contributed by atoms with Crippen molar-refractivity contribution in [2.75, 3.05) is 32.5 Å². The summed E-state index contributed by atoms with van der Waals surface area (Å²) in [6.07, 6.45) is 0.715. The van der Waals surface area contributed by atoms with Crippen LogP contribution < -0.4 is 5.32 Å². The van der Waals surface area contributed by atoms with E-state index in [1.54, 1.807) is 0 Å². The molecule has 0 radical (unpaired) electrons. The number of carbonyl (C=O) groups excluding carboxylic acids is 2. The third-order valence-corrected chi connectivity index (χ3v) is 9.08. The van der Waals surface area contributed by atoms with E-state index >= 15 is 0 Å². The number of anilines is 1. The highest BCUT2D eigenvalue weighted by atomic mass is 32.2. The normalized spacial score (nSPS) is 14.2. The van der Waals surface area contributed by atoms with Gasteiger partial charge in [0.25, 0.3) is 11.8 Å². The fourth-order valence-corrected chi connectivity index (χ4v) is 6.32. The highest BCUT2D eigenvalue weighted by molar-refractivity contribution is 7.89. The van der Waals surface area contributed by atoms with Crippen LogP contribution in [0.4, 0.5) is 5.00 Å². The molecule has 11 heteroatoms. The van der Waals surface area contributed by atoms with Crippen LogP contribution >= 0.6 is 11.3 Å². The Labute approximate surface area is 209 Å². The van der Waals surface area contributed by atoms with Gasteiger partial charge >= 0.3 is 0 Å². The molecule has 0 unspecified atom stereocenters. The molecule has 1 aromatic carbocycles. The Morgan fingerprint density at radius 1 is 1.17 bits per heavy atom. The van der Waals surface area contributed by atoms with Gasteiger partial charge in [-0.2, -0.15) is 5.10 Å². The summed E-state index contributed by atoms with van der Waals surface area (Å²) in [5, 5.41) is 7.76. The van der Waals surface area contributed by atoms with Crippen molar-refractivity contribution < 1.29 is 18.0 Å². The van der Waals surface area contributed by atoms with Crippen LogP contribution in [0.1, 0.15) is 49.5 Å². The molecule has 9 nitrogen and oxygen atoms in total. The Bertz CT molecular complexity index is 1390. The van der Waals surface area contributed by atoms with Crippen molar-refractivity contribution in [3.63, 3.8) is 0 Å². The summed E-state index contributed by atoms with van der Waals surface area (Å²) < 4.78 is 27.2. The summed E-state index contributed by atoms with van der Waals surface area (Å²) in [5.74, 6) is -0.673. The summed E-state index contributed by atoms with van der Waals surface area (Å²) in [5.41, 5.74) is 3.21. The third-order valence-electron chi connectivity index (χ3n) is 6.12. The molecule has 3 heterocycles. The van der Waals surface area contributed by atoms with E-state index in [2.05, 4.69) is 22.2 Å². The zero-order chi connectivity index (χ0) is 25.5. The molecule has 0 saturated heterocycles. The van der Waals surface area contributed by atoms with Gasteiger partial charge in [-0.05, 0) is 62.7 Å². The Morgan fingerprint density at radius 3 is 2.43 bits per heavy atom. The van der Waals surface area contributed by atoms with E-state index in [1.165, 1.54) is 54.4 Å². The summed E-state index contributed by atoms with van der Waals surface area (Å²) in [4.78, 5) is 30.2. The molecule has 2 aromatic heterocycles. The number of sulfonamides is 1. The smallest absolute Gasteiger partial charge is 0.281 e. The van der Waals surface area contributed by atoms with Gasteiger partial charge in [0.15, 0.2) is 0 Å². The zero-order valence-electron chi connectivity index (χ0n) is 20.5. The lowest BCUT2D eigenvalue weighted by molar-refractivity contribution is 0.0942. The number of aromatic nitrogens is 2. The van der Waals surface area contributed by atoms with Gasteiger partial charge < -0.3 is 5.32 Å². The first-order valence-electron chi connectivity index (χ1n) is 11.3. The van der Waals surface area contributed by atoms with Gasteiger partial charge in [0, 0.05) is 43.3 Å². The lowest BCUT2D eigenvalue weighted by Gasteiger charge is -2.25. The predicted molar refractivity (Wildman–Crippen MR) is 136 cm³/mol. The molecule has 0 aliphatic carbocycles. The third kappa shape index (κ3) is 4.81. The van der Waals surface area contributed by atoms with Gasteiger partial charge in [0.05, 0.1) is 16.2 Å². The van der Waals surface area contributed by atoms with E-state index in [9.17, 15) is 18.0 Å². The van der Waals surface area contributed by atoms with Crippen molar-refractivity contribution >= 4 is 38.2 Å². The van der Waals surface area contributed by atoms with Crippen LogP contribution in [0, 0.1) is 13.8 Å². The van der Waals surface area contributed by atoms with E-state index in [0.717, 1.165) is 45.8 Å². The number of amides is 1. The largest absolute Gasteiger partial charge is 0.313 e. The SMILES string of the molecule is CCN1CCc2c(sc(NC(=O)c3ccc(S(=O)(=O)N(C)C)cc3)c2C(=O)n2nc(C)cc2C)C1. The van der Waals surface area contributed by atoms with Gasteiger partial charge in [-0.25, -0.2) is 17.4 Å². The standard InChI is InChI=1S/C24H29N5O4S2/c1-6-28-12-11-19-20(14-28)34-23(21(19)24(31)29-16(3)13-15(2)26-29)25-22(30)17-7-9-18(10-8-17)35(32,33)27(4)5/h7-10,13H,6,11-12,14H2,1-5H3,(H,25,30). The lowest BCUT2D eigenvalue weighted by Crippen LogP contribution is -2.30. The van der Waals surface area contributed by atoms with Crippen molar-refractivity contribution in [3.8, 4) is 0 Å². The van der Waals surface area contributed by atoms with Crippen molar-refractivity contribution in [1.82, 2.24) is 19.0 Å². The molecule has 3 aromatic rings. The second-order valence-corrected chi connectivity index (χ2v) is 12.0. The van der Waals surface area contributed by atoms with Crippen LogP contribution in [0.2, 0.25) is 0 Å². The minimum absolute atomic E-state index is 0.102. The van der Waals surface area contributed by atoms with E-state index in [-0.39, 0.29) is 10.8 Å². The Kier molecular flexibility index (Phi) is 6.96. The van der Waals surface area contributed by atoms with E-state index in [0.29, 0.717) is 22.5 Å². The van der Waals surface area contributed by atoms with Crippen molar-refractivity contribution in [2.45, 2.75) is 38.6 Å². The molecular weight excluding hydrogens is 486 g/mol. The van der Waals surface area contributed by atoms with Gasteiger partial charge in [0.1, 0.15) is 5.00 Å². The van der Waals surface area contributed by atoms with Crippen LogP contribution in [0.5, 0.6) is 0 Å². The number of rotatable bonds is 6.